The van der Waals surface area contributed by atoms with E-state index in [-0.39, 0.29) is 17.0 Å². The van der Waals surface area contributed by atoms with E-state index in [2.05, 4.69) is 0 Å². The molecule has 0 atom stereocenters. The highest BCUT2D eigenvalue weighted by molar-refractivity contribution is 8.93. The van der Waals surface area contributed by atoms with Gasteiger partial charge in [0, 0.05) is 0 Å². The summed E-state index contributed by atoms with van der Waals surface area (Å²) in [5.74, 6) is 0. The van der Waals surface area contributed by atoms with Crippen LogP contribution in [0.3, 0.4) is 0 Å². The molecule has 0 rings (SSSR count). The predicted molar refractivity (Wildman–Crippen MR) is 52.8 cm³/mol. The van der Waals surface area contributed by atoms with E-state index in [0.717, 1.165) is 0 Å². The van der Waals surface area contributed by atoms with Gasteiger partial charge in [0.2, 0.25) is 0 Å². The largest absolute Gasteiger partial charge is 0.474 e. The second kappa shape index (κ2) is 8.20. The monoisotopic (exact) mass is 262 g/mol. The summed E-state index contributed by atoms with van der Waals surface area (Å²) in [6, 6.07) is 0. The first-order valence-corrected chi connectivity index (χ1v) is 5.18. The second-order valence-electron chi connectivity index (χ2n) is 1.70. The fraction of sp³-hybridized carbons (Fsp3) is 1.00. The molecule has 0 fully saturated rings. The van der Waals surface area contributed by atoms with Gasteiger partial charge in [-0.2, -0.15) is 0 Å². The molecule has 0 heterocycles. The molecule has 0 spiro atoms. The number of hydrogen-bond donors (Lipinski definition) is 0. The summed E-state index contributed by atoms with van der Waals surface area (Å²) in [4.78, 5) is 0. The Morgan fingerprint density at radius 2 is 1.17 bits per heavy atom. The van der Waals surface area contributed by atoms with Crippen molar-refractivity contribution in [1.29, 1.82) is 0 Å². The van der Waals surface area contributed by atoms with Gasteiger partial charge in [0.15, 0.2) is 0 Å². The molecule has 0 amide bonds. The van der Waals surface area contributed by atoms with Crippen LogP contribution in [-0.4, -0.2) is 19.8 Å². The van der Waals surface area contributed by atoms with Gasteiger partial charge in [-0.1, -0.05) is 0 Å². The van der Waals surface area contributed by atoms with Crippen molar-refractivity contribution in [3.05, 3.63) is 0 Å². The van der Waals surface area contributed by atoms with E-state index < -0.39 is 7.82 Å². The van der Waals surface area contributed by atoms with E-state index in [0.29, 0.717) is 19.8 Å². The van der Waals surface area contributed by atoms with Crippen LogP contribution in [0.1, 0.15) is 20.8 Å². The molecule has 0 N–H and O–H groups in total. The van der Waals surface area contributed by atoms with Crippen LogP contribution in [-0.2, 0) is 18.1 Å². The van der Waals surface area contributed by atoms with E-state index >= 15 is 0 Å². The summed E-state index contributed by atoms with van der Waals surface area (Å²) in [5.41, 5.74) is 0. The molecular formula is C6H16BrO4P. The maximum absolute atomic E-state index is 11.3. The van der Waals surface area contributed by atoms with E-state index in [9.17, 15) is 4.57 Å². The molecule has 0 aliphatic heterocycles. The molecule has 0 saturated heterocycles. The average molecular weight is 263 g/mol. The predicted octanol–water partition coefficient (Wildman–Crippen LogP) is 2.78. The topological polar surface area (TPSA) is 44.8 Å². The van der Waals surface area contributed by atoms with E-state index in [4.69, 9.17) is 13.6 Å². The van der Waals surface area contributed by atoms with Gasteiger partial charge in [-0.25, -0.2) is 4.57 Å². The summed E-state index contributed by atoms with van der Waals surface area (Å²) in [6.45, 7) is 6.21. The first-order valence-electron chi connectivity index (χ1n) is 3.72. The minimum Gasteiger partial charge on any atom is -0.287 e. The van der Waals surface area contributed by atoms with Crippen LogP contribution in [0.2, 0.25) is 0 Å². The van der Waals surface area contributed by atoms with E-state index in [1.165, 1.54) is 0 Å². The summed E-state index contributed by atoms with van der Waals surface area (Å²) < 4.78 is 25.8. The molecule has 0 aromatic rings. The van der Waals surface area contributed by atoms with Crippen molar-refractivity contribution in [2.45, 2.75) is 20.8 Å². The number of halogens is 1. The van der Waals surface area contributed by atoms with Crippen molar-refractivity contribution in [3.8, 4) is 0 Å². The lowest BCUT2D eigenvalue weighted by molar-refractivity contribution is 0.126. The molecule has 0 aromatic heterocycles. The summed E-state index contributed by atoms with van der Waals surface area (Å²) in [6.07, 6.45) is 0. The Balaban J connectivity index is 0. The smallest absolute Gasteiger partial charge is 0.287 e. The number of phosphoric acid groups is 1. The number of hydrogen-bond acceptors (Lipinski definition) is 4. The molecule has 76 valence electrons. The van der Waals surface area contributed by atoms with Crippen LogP contribution in [0, 0.1) is 0 Å². The standard InChI is InChI=1S/C6H15O4P.BrH/c1-4-8-11(7,9-5-2)10-6-3;/h4-6H2,1-3H3;1H. The highest BCUT2D eigenvalue weighted by Gasteiger charge is 2.23. The van der Waals surface area contributed by atoms with Gasteiger partial charge in [0.05, 0.1) is 19.8 Å². The fourth-order valence-electron chi connectivity index (χ4n) is 0.586. The van der Waals surface area contributed by atoms with Crippen molar-refractivity contribution >= 4 is 24.8 Å². The lowest BCUT2D eigenvalue weighted by Crippen LogP contribution is -1.99. The molecular weight excluding hydrogens is 247 g/mol. The van der Waals surface area contributed by atoms with Crippen LogP contribution in [0.15, 0.2) is 0 Å². The first kappa shape index (κ1) is 15.1. The summed E-state index contributed by atoms with van der Waals surface area (Å²) in [7, 11) is -3.22. The van der Waals surface area contributed by atoms with Crippen LogP contribution in [0.25, 0.3) is 0 Å². The molecule has 0 bridgehead atoms. The first-order chi connectivity index (χ1) is 5.18. The highest BCUT2D eigenvalue weighted by atomic mass is 79.9. The Hall–Kier alpha value is 0.590. The Bertz CT molecular complexity index is 118. The minimum atomic E-state index is -3.22. The molecule has 4 nitrogen and oxygen atoms in total. The Labute approximate surface area is 84.0 Å². The molecule has 0 aromatic carbocycles. The highest BCUT2D eigenvalue weighted by Crippen LogP contribution is 2.48. The third kappa shape index (κ3) is 6.14. The Morgan fingerprint density at radius 3 is 1.33 bits per heavy atom. The normalized spacial score (nSPS) is 10.9. The van der Waals surface area contributed by atoms with Crippen molar-refractivity contribution < 1.29 is 18.1 Å². The van der Waals surface area contributed by atoms with E-state index in [1.807, 2.05) is 0 Å². The lowest BCUT2D eigenvalue weighted by atomic mass is 10.9. The van der Waals surface area contributed by atoms with Crippen molar-refractivity contribution in [2.24, 2.45) is 0 Å². The molecule has 6 heteroatoms. The fourth-order valence-corrected chi connectivity index (χ4v) is 1.76. The van der Waals surface area contributed by atoms with Crippen LogP contribution >= 0.6 is 24.8 Å². The second-order valence-corrected chi connectivity index (χ2v) is 3.37. The zero-order valence-electron chi connectivity index (χ0n) is 7.61. The van der Waals surface area contributed by atoms with Crippen molar-refractivity contribution in [1.82, 2.24) is 0 Å². The molecule has 0 unspecified atom stereocenters. The molecule has 0 aliphatic rings. The SMILES string of the molecule is Br.CCOP(=O)(OCC)OCC. The van der Waals surface area contributed by atoms with Gasteiger partial charge in [0.1, 0.15) is 0 Å². The lowest BCUT2D eigenvalue weighted by Gasteiger charge is -2.14. The molecule has 12 heavy (non-hydrogen) atoms. The molecule has 0 radical (unpaired) electrons. The zero-order chi connectivity index (χ0) is 8.74. The van der Waals surface area contributed by atoms with Crippen LogP contribution < -0.4 is 0 Å². The van der Waals surface area contributed by atoms with Crippen molar-refractivity contribution in [2.75, 3.05) is 19.8 Å². The van der Waals surface area contributed by atoms with Crippen molar-refractivity contribution in [3.63, 3.8) is 0 Å². The Morgan fingerprint density at radius 1 is 0.917 bits per heavy atom. The van der Waals surface area contributed by atoms with Gasteiger partial charge in [-0.15, -0.1) is 17.0 Å². The van der Waals surface area contributed by atoms with Gasteiger partial charge in [0.25, 0.3) is 0 Å². The number of phosphoric ester groups is 1. The summed E-state index contributed by atoms with van der Waals surface area (Å²) >= 11 is 0. The third-order valence-corrected chi connectivity index (χ3v) is 2.58. The van der Waals surface area contributed by atoms with Gasteiger partial charge in [-0.05, 0) is 20.8 Å². The summed E-state index contributed by atoms with van der Waals surface area (Å²) in [5, 5.41) is 0. The average Bonchev–Trinajstić information content (AvgIpc) is 1.88. The minimum absolute atomic E-state index is 0. The van der Waals surface area contributed by atoms with Gasteiger partial charge in [-0.3, -0.25) is 13.6 Å². The van der Waals surface area contributed by atoms with Gasteiger partial charge >= 0.3 is 7.82 Å². The number of rotatable bonds is 6. The zero-order valence-corrected chi connectivity index (χ0v) is 10.2. The Kier molecular flexibility index (Phi) is 10.3. The van der Waals surface area contributed by atoms with Gasteiger partial charge < -0.3 is 0 Å². The molecule has 0 saturated carbocycles. The quantitative estimate of drug-likeness (QED) is 0.691. The maximum Gasteiger partial charge on any atom is 0.474 e. The molecule has 0 aliphatic carbocycles. The van der Waals surface area contributed by atoms with Crippen LogP contribution in [0.5, 0.6) is 0 Å². The van der Waals surface area contributed by atoms with Crippen LogP contribution in [0.4, 0.5) is 0 Å². The van der Waals surface area contributed by atoms with E-state index in [1.54, 1.807) is 20.8 Å². The maximum atomic E-state index is 11.3. The third-order valence-electron chi connectivity index (χ3n) is 0.862.